The molecule has 26 heavy (non-hydrogen) atoms. The van der Waals surface area contributed by atoms with Crippen molar-refractivity contribution in [1.82, 2.24) is 4.98 Å². The summed E-state index contributed by atoms with van der Waals surface area (Å²) in [6.07, 6.45) is 1.31. The second kappa shape index (κ2) is 9.40. The minimum Gasteiger partial charge on any atom is -0.497 e. The number of rotatable bonds is 8. The van der Waals surface area contributed by atoms with Crippen molar-refractivity contribution in [3.63, 3.8) is 0 Å². The van der Waals surface area contributed by atoms with Gasteiger partial charge in [0, 0.05) is 22.3 Å². The predicted octanol–water partition coefficient (Wildman–Crippen LogP) is 5.33. The molecule has 0 saturated heterocycles. The van der Waals surface area contributed by atoms with Crippen molar-refractivity contribution in [2.24, 2.45) is 0 Å². The van der Waals surface area contributed by atoms with Gasteiger partial charge < -0.3 is 10.1 Å². The lowest BCUT2D eigenvalue weighted by molar-refractivity contribution is -0.116. The lowest BCUT2D eigenvalue weighted by atomic mass is 10.2. The van der Waals surface area contributed by atoms with E-state index in [9.17, 15) is 4.79 Å². The van der Waals surface area contributed by atoms with E-state index < -0.39 is 0 Å². The van der Waals surface area contributed by atoms with Gasteiger partial charge in [-0.3, -0.25) is 4.79 Å². The molecule has 4 nitrogen and oxygen atoms in total. The fourth-order valence-electron chi connectivity index (χ4n) is 2.35. The molecule has 0 unspecified atom stereocenters. The van der Waals surface area contributed by atoms with Crippen LogP contribution in [0, 0.1) is 0 Å². The largest absolute Gasteiger partial charge is 0.497 e. The zero-order chi connectivity index (χ0) is 18.2. The number of anilines is 1. The van der Waals surface area contributed by atoms with Gasteiger partial charge in [-0.05, 0) is 36.4 Å². The number of thiazole rings is 1. The Bertz CT molecular complexity index is 833. The van der Waals surface area contributed by atoms with Gasteiger partial charge in [-0.25, -0.2) is 4.98 Å². The SMILES string of the molecule is COc1ccc(SCCCC(=O)Nc2nc(-c3ccccc3)cs2)cc1. The van der Waals surface area contributed by atoms with Gasteiger partial charge in [-0.1, -0.05) is 30.3 Å². The van der Waals surface area contributed by atoms with Gasteiger partial charge in [0.25, 0.3) is 0 Å². The molecular weight excluding hydrogens is 364 g/mol. The number of benzene rings is 2. The first-order chi connectivity index (χ1) is 12.7. The van der Waals surface area contributed by atoms with Gasteiger partial charge in [0.1, 0.15) is 5.75 Å². The maximum absolute atomic E-state index is 12.1. The molecule has 134 valence electrons. The quantitative estimate of drug-likeness (QED) is 0.421. The first kappa shape index (κ1) is 18.5. The van der Waals surface area contributed by atoms with Crippen LogP contribution in [0.15, 0.2) is 64.9 Å². The summed E-state index contributed by atoms with van der Waals surface area (Å²) in [6.45, 7) is 0. The third kappa shape index (κ3) is 5.34. The predicted molar refractivity (Wildman–Crippen MR) is 109 cm³/mol. The van der Waals surface area contributed by atoms with E-state index in [2.05, 4.69) is 10.3 Å². The zero-order valence-corrected chi connectivity index (χ0v) is 16.1. The summed E-state index contributed by atoms with van der Waals surface area (Å²) in [5.41, 5.74) is 1.95. The van der Waals surface area contributed by atoms with Crippen LogP contribution in [0.3, 0.4) is 0 Å². The van der Waals surface area contributed by atoms with Crippen molar-refractivity contribution in [2.45, 2.75) is 17.7 Å². The first-order valence-electron chi connectivity index (χ1n) is 8.32. The van der Waals surface area contributed by atoms with Crippen molar-refractivity contribution in [3.05, 3.63) is 60.0 Å². The highest BCUT2D eigenvalue weighted by atomic mass is 32.2. The summed E-state index contributed by atoms with van der Waals surface area (Å²) in [5.74, 6) is 1.76. The summed E-state index contributed by atoms with van der Waals surface area (Å²) in [6, 6.07) is 17.9. The summed E-state index contributed by atoms with van der Waals surface area (Å²) in [5, 5.41) is 5.50. The van der Waals surface area contributed by atoms with E-state index in [-0.39, 0.29) is 5.91 Å². The molecule has 0 fully saturated rings. The second-order valence-electron chi connectivity index (χ2n) is 5.58. The van der Waals surface area contributed by atoms with Crippen LogP contribution in [0.2, 0.25) is 0 Å². The molecule has 1 N–H and O–H groups in total. The van der Waals surface area contributed by atoms with E-state index >= 15 is 0 Å². The molecule has 0 aliphatic carbocycles. The fourth-order valence-corrected chi connectivity index (χ4v) is 3.94. The molecule has 1 aromatic heterocycles. The molecule has 6 heteroatoms. The first-order valence-corrected chi connectivity index (χ1v) is 10.2. The number of thioether (sulfide) groups is 1. The molecule has 3 aromatic rings. The van der Waals surface area contributed by atoms with E-state index in [1.807, 2.05) is 60.0 Å². The molecule has 2 aromatic carbocycles. The number of methoxy groups -OCH3 is 1. The van der Waals surface area contributed by atoms with Gasteiger partial charge >= 0.3 is 0 Å². The van der Waals surface area contributed by atoms with Crippen molar-refractivity contribution in [1.29, 1.82) is 0 Å². The second-order valence-corrected chi connectivity index (χ2v) is 7.61. The summed E-state index contributed by atoms with van der Waals surface area (Å²) >= 11 is 3.19. The van der Waals surface area contributed by atoms with Crippen molar-refractivity contribution < 1.29 is 9.53 Å². The van der Waals surface area contributed by atoms with Crippen LogP contribution in [0.1, 0.15) is 12.8 Å². The minimum atomic E-state index is 0.00860. The van der Waals surface area contributed by atoms with E-state index in [0.29, 0.717) is 11.6 Å². The number of amides is 1. The lowest BCUT2D eigenvalue weighted by Crippen LogP contribution is -2.11. The highest BCUT2D eigenvalue weighted by Crippen LogP contribution is 2.25. The molecule has 0 aliphatic heterocycles. The lowest BCUT2D eigenvalue weighted by Gasteiger charge is -2.04. The molecule has 1 amide bonds. The Morgan fingerprint density at radius 3 is 2.65 bits per heavy atom. The number of nitrogens with one attached hydrogen (secondary N) is 1. The molecule has 0 radical (unpaired) electrons. The third-order valence-electron chi connectivity index (χ3n) is 3.70. The molecule has 0 bridgehead atoms. The zero-order valence-electron chi connectivity index (χ0n) is 14.5. The third-order valence-corrected chi connectivity index (χ3v) is 5.55. The molecule has 1 heterocycles. The van der Waals surface area contributed by atoms with E-state index in [1.165, 1.54) is 16.2 Å². The number of aromatic nitrogens is 1. The number of hydrogen-bond donors (Lipinski definition) is 1. The Hall–Kier alpha value is -2.31. The maximum Gasteiger partial charge on any atom is 0.226 e. The van der Waals surface area contributed by atoms with Gasteiger partial charge in [0.05, 0.1) is 12.8 Å². The molecule has 3 rings (SSSR count). The topological polar surface area (TPSA) is 51.2 Å². The van der Waals surface area contributed by atoms with Gasteiger partial charge in [0.15, 0.2) is 5.13 Å². The van der Waals surface area contributed by atoms with Gasteiger partial charge in [-0.2, -0.15) is 0 Å². The van der Waals surface area contributed by atoms with Crippen LogP contribution in [0.25, 0.3) is 11.3 Å². The van der Waals surface area contributed by atoms with Crippen LogP contribution < -0.4 is 10.1 Å². The maximum atomic E-state index is 12.1. The summed E-state index contributed by atoms with van der Waals surface area (Å²) in [4.78, 5) is 17.7. The number of carbonyl (C=O) groups is 1. The van der Waals surface area contributed by atoms with E-state index in [1.54, 1.807) is 18.9 Å². The molecule has 0 saturated carbocycles. The molecule has 0 aliphatic rings. The highest BCUT2D eigenvalue weighted by molar-refractivity contribution is 7.99. The van der Waals surface area contributed by atoms with Crippen molar-refractivity contribution in [3.8, 4) is 17.0 Å². The highest BCUT2D eigenvalue weighted by Gasteiger charge is 2.08. The van der Waals surface area contributed by atoms with E-state index in [4.69, 9.17) is 4.74 Å². The average Bonchev–Trinajstić information content (AvgIpc) is 3.15. The van der Waals surface area contributed by atoms with Crippen LogP contribution in [0.4, 0.5) is 5.13 Å². The van der Waals surface area contributed by atoms with E-state index in [0.717, 1.165) is 29.2 Å². The average molecular weight is 385 g/mol. The number of carbonyl (C=O) groups excluding carboxylic acids is 1. The molecule has 0 spiro atoms. The van der Waals surface area contributed by atoms with Gasteiger partial charge in [0.2, 0.25) is 5.91 Å². The number of nitrogens with zero attached hydrogens (tertiary/aromatic N) is 1. The normalized spacial score (nSPS) is 10.5. The van der Waals surface area contributed by atoms with Crippen LogP contribution in [-0.2, 0) is 4.79 Å². The summed E-state index contributed by atoms with van der Waals surface area (Å²) < 4.78 is 5.15. The fraction of sp³-hybridized carbons (Fsp3) is 0.200. The van der Waals surface area contributed by atoms with Crippen molar-refractivity contribution >= 4 is 34.1 Å². The Morgan fingerprint density at radius 2 is 1.92 bits per heavy atom. The smallest absolute Gasteiger partial charge is 0.226 e. The van der Waals surface area contributed by atoms with Crippen LogP contribution in [0.5, 0.6) is 5.75 Å². The monoisotopic (exact) mass is 384 g/mol. The number of ether oxygens (including phenoxy) is 1. The van der Waals surface area contributed by atoms with Gasteiger partial charge in [-0.15, -0.1) is 23.1 Å². The molecular formula is C20H20N2O2S2. The standard InChI is InChI=1S/C20H20N2O2S2/c1-24-16-9-11-17(12-10-16)25-13-5-8-19(23)22-20-21-18(14-26-20)15-6-3-2-4-7-15/h2-4,6-7,9-12,14H,5,8,13H2,1H3,(H,21,22,23). The molecule has 0 atom stereocenters. The number of hydrogen-bond acceptors (Lipinski definition) is 5. The minimum absolute atomic E-state index is 0.00860. The Morgan fingerprint density at radius 1 is 1.15 bits per heavy atom. The Kier molecular flexibility index (Phi) is 6.68. The Balaban J connectivity index is 1.41. The van der Waals surface area contributed by atoms with Crippen molar-refractivity contribution in [2.75, 3.05) is 18.2 Å². The Labute approximate surface area is 161 Å². The van der Waals surface area contributed by atoms with Crippen LogP contribution in [-0.4, -0.2) is 23.8 Å². The van der Waals surface area contributed by atoms with Crippen LogP contribution >= 0.6 is 23.1 Å². The summed E-state index contributed by atoms with van der Waals surface area (Å²) in [7, 11) is 1.66.